The molecule has 0 radical (unpaired) electrons. The standard InChI is InChI=1S/C21H29NO3S/c1-13(2)19-12-18(8-9-21(19)25-7)26(23,24)22-17(6)20-11-15(4)14(3)10-16(20)5/h8-13,17,22H,1-7H3/t17-/m0/s1. The van der Waals surface area contributed by atoms with Crippen molar-refractivity contribution in [2.24, 2.45) is 0 Å². The normalized spacial score (nSPS) is 13.1. The summed E-state index contributed by atoms with van der Waals surface area (Å²) in [6.07, 6.45) is 0. The fraction of sp³-hybridized carbons (Fsp3) is 0.429. The van der Waals surface area contributed by atoms with Crippen molar-refractivity contribution >= 4 is 10.0 Å². The van der Waals surface area contributed by atoms with Crippen LogP contribution in [0.3, 0.4) is 0 Å². The highest BCUT2D eigenvalue weighted by atomic mass is 32.2. The molecule has 1 atom stereocenters. The molecule has 0 saturated carbocycles. The maximum Gasteiger partial charge on any atom is 0.241 e. The van der Waals surface area contributed by atoms with Crippen molar-refractivity contribution < 1.29 is 13.2 Å². The van der Waals surface area contributed by atoms with E-state index in [0.717, 1.165) is 22.3 Å². The maximum absolute atomic E-state index is 12.9. The lowest BCUT2D eigenvalue weighted by atomic mass is 9.97. The van der Waals surface area contributed by atoms with Gasteiger partial charge in [0, 0.05) is 6.04 Å². The monoisotopic (exact) mass is 375 g/mol. The summed E-state index contributed by atoms with van der Waals surface area (Å²) >= 11 is 0. The van der Waals surface area contributed by atoms with E-state index in [9.17, 15) is 8.42 Å². The van der Waals surface area contributed by atoms with Gasteiger partial charge in [0.25, 0.3) is 0 Å². The van der Waals surface area contributed by atoms with Crippen LogP contribution in [0.25, 0.3) is 0 Å². The summed E-state index contributed by atoms with van der Waals surface area (Å²) in [5.74, 6) is 0.872. The van der Waals surface area contributed by atoms with Gasteiger partial charge in [-0.25, -0.2) is 13.1 Å². The molecule has 0 bridgehead atoms. The third-order valence-electron chi connectivity index (χ3n) is 4.81. The Morgan fingerprint density at radius 1 is 0.885 bits per heavy atom. The van der Waals surface area contributed by atoms with Gasteiger partial charge in [0.1, 0.15) is 5.75 Å². The van der Waals surface area contributed by atoms with Gasteiger partial charge in [-0.1, -0.05) is 26.0 Å². The summed E-state index contributed by atoms with van der Waals surface area (Å²) in [4.78, 5) is 0.260. The summed E-state index contributed by atoms with van der Waals surface area (Å²) in [6, 6.07) is 8.85. The van der Waals surface area contributed by atoms with Gasteiger partial charge in [0.05, 0.1) is 12.0 Å². The average Bonchev–Trinajstić information content (AvgIpc) is 2.56. The zero-order valence-corrected chi connectivity index (χ0v) is 17.5. The Labute approximate surface area is 157 Å². The van der Waals surface area contributed by atoms with Crippen LogP contribution in [0.4, 0.5) is 0 Å². The van der Waals surface area contributed by atoms with E-state index in [1.54, 1.807) is 25.3 Å². The highest BCUT2D eigenvalue weighted by molar-refractivity contribution is 7.89. The van der Waals surface area contributed by atoms with Crippen molar-refractivity contribution in [3.63, 3.8) is 0 Å². The summed E-state index contributed by atoms with van der Waals surface area (Å²) in [7, 11) is -2.04. The molecule has 5 heteroatoms. The number of aryl methyl sites for hydroxylation is 3. The number of rotatable bonds is 6. The number of nitrogens with one attached hydrogen (secondary N) is 1. The van der Waals surface area contributed by atoms with Crippen LogP contribution in [0, 0.1) is 20.8 Å². The molecule has 26 heavy (non-hydrogen) atoms. The molecule has 0 saturated heterocycles. The Balaban J connectivity index is 2.37. The van der Waals surface area contributed by atoms with Crippen LogP contribution in [0.2, 0.25) is 0 Å². The van der Waals surface area contributed by atoms with Gasteiger partial charge in [0.2, 0.25) is 10.0 Å². The highest BCUT2D eigenvalue weighted by Crippen LogP contribution is 2.30. The molecular formula is C21H29NO3S. The Hall–Kier alpha value is -1.85. The number of ether oxygens (including phenoxy) is 1. The number of methoxy groups -OCH3 is 1. The lowest BCUT2D eigenvalue weighted by Crippen LogP contribution is -2.27. The highest BCUT2D eigenvalue weighted by Gasteiger charge is 2.22. The van der Waals surface area contributed by atoms with E-state index in [1.165, 1.54) is 5.56 Å². The van der Waals surface area contributed by atoms with Crippen LogP contribution in [-0.4, -0.2) is 15.5 Å². The molecule has 1 N–H and O–H groups in total. The minimum absolute atomic E-state index is 0.166. The van der Waals surface area contributed by atoms with Gasteiger partial charge < -0.3 is 4.74 Å². The molecule has 4 nitrogen and oxygen atoms in total. The van der Waals surface area contributed by atoms with Gasteiger partial charge >= 0.3 is 0 Å². The molecule has 0 amide bonds. The zero-order chi connectivity index (χ0) is 19.6. The van der Waals surface area contributed by atoms with E-state index in [0.29, 0.717) is 5.75 Å². The second-order valence-electron chi connectivity index (χ2n) is 7.19. The Morgan fingerprint density at radius 3 is 2.08 bits per heavy atom. The molecular weight excluding hydrogens is 346 g/mol. The van der Waals surface area contributed by atoms with Gasteiger partial charge in [-0.15, -0.1) is 0 Å². The van der Waals surface area contributed by atoms with E-state index >= 15 is 0 Å². The minimum atomic E-state index is -3.63. The van der Waals surface area contributed by atoms with E-state index in [-0.39, 0.29) is 16.9 Å². The molecule has 0 unspecified atom stereocenters. The fourth-order valence-corrected chi connectivity index (χ4v) is 4.40. The molecule has 0 aliphatic heterocycles. The number of hydrogen-bond donors (Lipinski definition) is 1. The molecule has 2 rings (SSSR count). The van der Waals surface area contributed by atoms with Crippen molar-refractivity contribution in [1.29, 1.82) is 0 Å². The minimum Gasteiger partial charge on any atom is -0.496 e. The molecule has 142 valence electrons. The van der Waals surface area contributed by atoms with Crippen molar-refractivity contribution in [2.45, 2.75) is 58.4 Å². The van der Waals surface area contributed by atoms with Crippen LogP contribution in [0.15, 0.2) is 35.2 Å². The molecule has 0 aliphatic rings. The van der Waals surface area contributed by atoms with E-state index in [4.69, 9.17) is 4.74 Å². The van der Waals surface area contributed by atoms with E-state index in [2.05, 4.69) is 23.8 Å². The summed E-state index contributed by atoms with van der Waals surface area (Å²) in [5, 5.41) is 0. The van der Waals surface area contributed by atoms with Crippen molar-refractivity contribution in [3.8, 4) is 5.75 Å². The summed E-state index contributed by atoms with van der Waals surface area (Å²) < 4.78 is 34.0. The molecule has 0 spiro atoms. The molecule has 0 aromatic heterocycles. The second kappa shape index (κ2) is 7.80. The first-order chi connectivity index (χ1) is 12.1. The van der Waals surface area contributed by atoms with Gasteiger partial charge in [-0.3, -0.25) is 0 Å². The topological polar surface area (TPSA) is 55.4 Å². The lowest BCUT2D eigenvalue weighted by molar-refractivity contribution is 0.407. The molecule has 2 aromatic rings. The third-order valence-corrected chi connectivity index (χ3v) is 6.35. The van der Waals surface area contributed by atoms with Gasteiger partial charge in [0.15, 0.2) is 0 Å². The first kappa shape index (κ1) is 20.5. The van der Waals surface area contributed by atoms with Gasteiger partial charge in [-0.2, -0.15) is 0 Å². The third kappa shape index (κ3) is 4.27. The molecule has 0 heterocycles. The lowest BCUT2D eigenvalue weighted by Gasteiger charge is -2.19. The van der Waals surface area contributed by atoms with Crippen molar-refractivity contribution in [3.05, 3.63) is 58.1 Å². The largest absolute Gasteiger partial charge is 0.496 e. The van der Waals surface area contributed by atoms with Crippen LogP contribution in [0.1, 0.15) is 60.5 Å². The number of hydrogen-bond acceptors (Lipinski definition) is 3. The molecule has 2 aromatic carbocycles. The van der Waals surface area contributed by atoms with Crippen LogP contribution in [-0.2, 0) is 10.0 Å². The van der Waals surface area contributed by atoms with Crippen molar-refractivity contribution in [2.75, 3.05) is 7.11 Å². The second-order valence-corrected chi connectivity index (χ2v) is 8.91. The zero-order valence-electron chi connectivity index (χ0n) is 16.7. The first-order valence-corrected chi connectivity index (χ1v) is 10.3. The van der Waals surface area contributed by atoms with Crippen LogP contribution >= 0.6 is 0 Å². The first-order valence-electron chi connectivity index (χ1n) is 8.84. The Bertz CT molecular complexity index is 902. The van der Waals surface area contributed by atoms with E-state index < -0.39 is 10.0 Å². The quantitative estimate of drug-likeness (QED) is 0.790. The molecule has 0 aliphatic carbocycles. The number of benzene rings is 2. The summed E-state index contributed by atoms with van der Waals surface area (Å²) in [6.45, 7) is 12.0. The van der Waals surface area contributed by atoms with Crippen molar-refractivity contribution in [1.82, 2.24) is 4.72 Å². The summed E-state index contributed by atoms with van der Waals surface area (Å²) in [5.41, 5.74) is 5.32. The maximum atomic E-state index is 12.9. The van der Waals surface area contributed by atoms with Crippen LogP contribution < -0.4 is 9.46 Å². The fourth-order valence-electron chi connectivity index (χ4n) is 3.14. The van der Waals surface area contributed by atoms with E-state index in [1.807, 2.05) is 34.6 Å². The molecule has 0 fully saturated rings. The predicted octanol–water partition coefficient (Wildman–Crippen LogP) is 4.78. The number of sulfonamides is 1. The SMILES string of the molecule is COc1ccc(S(=O)(=O)N[C@@H](C)c2cc(C)c(C)cc2C)cc1C(C)C. The Kier molecular flexibility index (Phi) is 6.14. The van der Waals surface area contributed by atoms with Crippen LogP contribution in [0.5, 0.6) is 5.75 Å². The average molecular weight is 376 g/mol. The smallest absolute Gasteiger partial charge is 0.241 e. The van der Waals surface area contributed by atoms with Gasteiger partial charge in [-0.05, 0) is 79.6 Å². The Morgan fingerprint density at radius 2 is 1.50 bits per heavy atom. The predicted molar refractivity (Wildman–Crippen MR) is 106 cm³/mol.